The number of hydrogen-bond donors (Lipinski definition) is 0. The molecule has 1 saturated heterocycles. The zero-order chi connectivity index (χ0) is 21.9. The molecule has 0 saturated carbocycles. The molecule has 0 aliphatic carbocycles. The van der Waals surface area contributed by atoms with Gasteiger partial charge in [0.2, 0.25) is 15.9 Å². The smallest absolute Gasteiger partial charge is 0.289 e. The molecule has 1 aliphatic rings. The normalized spacial score (nSPS) is 15.5. The van der Waals surface area contributed by atoms with Gasteiger partial charge in [-0.1, -0.05) is 35.9 Å². The summed E-state index contributed by atoms with van der Waals surface area (Å²) in [6.07, 6.45) is 3.25. The second-order valence-corrected chi connectivity index (χ2v) is 9.05. The van der Waals surface area contributed by atoms with Gasteiger partial charge in [0.05, 0.1) is 4.92 Å². The predicted molar refractivity (Wildman–Crippen MR) is 113 cm³/mol. The molecule has 1 aliphatic heterocycles. The molecule has 9 heteroatoms. The van der Waals surface area contributed by atoms with Crippen LogP contribution in [-0.4, -0.2) is 54.6 Å². The van der Waals surface area contributed by atoms with Gasteiger partial charge in [-0.05, 0) is 37.1 Å². The van der Waals surface area contributed by atoms with E-state index in [0.29, 0.717) is 0 Å². The molecule has 0 radical (unpaired) electrons. The van der Waals surface area contributed by atoms with Crippen molar-refractivity contribution in [2.75, 3.05) is 26.2 Å². The van der Waals surface area contributed by atoms with Crippen LogP contribution in [0.15, 0.2) is 53.4 Å². The number of nitrogens with zero attached hydrogens (tertiary/aromatic N) is 3. The summed E-state index contributed by atoms with van der Waals surface area (Å²) in [5.74, 6) is -0.197. The third-order valence-electron chi connectivity index (χ3n) is 5.06. The van der Waals surface area contributed by atoms with Crippen LogP contribution in [0.25, 0.3) is 6.08 Å². The van der Waals surface area contributed by atoms with Gasteiger partial charge in [0.1, 0.15) is 0 Å². The minimum Gasteiger partial charge on any atom is -0.337 e. The number of carbonyl (C=O) groups excluding carboxylic acids is 1. The van der Waals surface area contributed by atoms with E-state index >= 15 is 0 Å². The van der Waals surface area contributed by atoms with Gasteiger partial charge in [0.15, 0.2) is 4.90 Å². The lowest BCUT2D eigenvalue weighted by atomic mass is 10.1. The molecule has 1 fully saturated rings. The van der Waals surface area contributed by atoms with E-state index in [1.807, 2.05) is 32.0 Å². The molecular formula is C21H23N3O5S. The van der Waals surface area contributed by atoms with Crippen molar-refractivity contribution in [3.05, 3.63) is 75.3 Å². The van der Waals surface area contributed by atoms with Crippen molar-refractivity contribution in [2.45, 2.75) is 18.7 Å². The highest BCUT2D eigenvalue weighted by molar-refractivity contribution is 7.89. The first-order valence-corrected chi connectivity index (χ1v) is 10.9. The first-order valence-electron chi connectivity index (χ1n) is 9.48. The molecule has 2 aromatic carbocycles. The number of nitro groups is 1. The van der Waals surface area contributed by atoms with Crippen LogP contribution in [0.3, 0.4) is 0 Å². The van der Waals surface area contributed by atoms with Gasteiger partial charge in [0.25, 0.3) is 5.69 Å². The molecule has 0 spiro atoms. The van der Waals surface area contributed by atoms with Crippen LogP contribution in [-0.2, 0) is 14.8 Å². The molecule has 0 aromatic heterocycles. The quantitative estimate of drug-likeness (QED) is 0.413. The van der Waals surface area contributed by atoms with Crippen LogP contribution >= 0.6 is 0 Å². The monoisotopic (exact) mass is 429 g/mol. The van der Waals surface area contributed by atoms with Crippen molar-refractivity contribution in [1.82, 2.24) is 9.21 Å². The van der Waals surface area contributed by atoms with Crippen LogP contribution in [0.2, 0.25) is 0 Å². The van der Waals surface area contributed by atoms with Crippen molar-refractivity contribution in [1.29, 1.82) is 0 Å². The molecule has 0 unspecified atom stereocenters. The van der Waals surface area contributed by atoms with Gasteiger partial charge in [-0.15, -0.1) is 0 Å². The van der Waals surface area contributed by atoms with Crippen LogP contribution in [0.1, 0.15) is 16.7 Å². The van der Waals surface area contributed by atoms with Crippen LogP contribution in [0.5, 0.6) is 0 Å². The van der Waals surface area contributed by atoms with E-state index in [4.69, 9.17) is 0 Å². The highest BCUT2D eigenvalue weighted by atomic mass is 32.2. The third-order valence-corrected chi connectivity index (χ3v) is 7.01. The van der Waals surface area contributed by atoms with Gasteiger partial charge >= 0.3 is 0 Å². The third kappa shape index (κ3) is 4.58. The van der Waals surface area contributed by atoms with Crippen molar-refractivity contribution < 1.29 is 18.1 Å². The topological polar surface area (TPSA) is 101 Å². The fraction of sp³-hybridized carbons (Fsp3) is 0.286. The highest BCUT2D eigenvalue weighted by Gasteiger charge is 2.34. The number of rotatable bonds is 5. The van der Waals surface area contributed by atoms with E-state index in [1.54, 1.807) is 11.0 Å². The predicted octanol–water partition coefficient (Wildman–Crippen LogP) is 2.76. The largest absolute Gasteiger partial charge is 0.337 e. The Bertz CT molecular complexity index is 1100. The van der Waals surface area contributed by atoms with Gasteiger partial charge in [-0.25, -0.2) is 8.42 Å². The second kappa shape index (κ2) is 8.76. The average Bonchev–Trinajstić information content (AvgIpc) is 2.73. The standard InChI is InChI=1S/C21H23N3O5S/c1-16-7-8-18(17(2)15-16)9-10-21(25)22-11-13-23(14-12-22)30(28,29)20-6-4-3-5-19(20)24(26)27/h3-10,15H,11-14H2,1-2H3/b10-9+. The van der Waals surface area contributed by atoms with Crippen LogP contribution < -0.4 is 0 Å². The SMILES string of the molecule is Cc1ccc(/C=C/C(=O)N2CCN(S(=O)(=O)c3ccccc3[N+](=O)[O-])CC2)c(C)c1. The Morgan fingerprint density at radius 2 is 1.73 bits per heavy atom. The summed E-state index contributed by atoms with van der Waals surface area (Å²) in [5, 5.41) is 11.2. The van der Waals surface area contributed by atoms with Gasteiger partial charge < -0.3 is 4.90 Å². The molecule has 158 valence electrons. The Hall–Kier alpha value is -3.04. The number of sulfonamides is 1. The fourth-order valence-corrected chi connectivity index (χ4v) is 4.97. The Balaban J connectivity index is 1.68. The van der Waals surface area contributed by atoms with Crippen molar-refractivity contribution in [3.63, 3.8) is 0 Å². The van der Waals surface area contributed by atoms with Crippen LogP contribution in [0.4, 0.5) is 5.69 Å². The molecule has 3 rings (SSSR count). The maximum atomic E-state index is 12.9. The first-order chi connectivity index (χ1) is 14.2. The molecule has 0 bridgehead atoms. The maximum Gasteiger partial charge on any atom is 0.289 e. The minimum absolute atomic E-state index is 0.0809. The van der Waals surface area contributed by atoms with E-state index in [2.05, 4.69) is 0 Å². The maximum absolute atomic E-state index is 12.9. The van der Waals surface area contributed by atoms with Crippen molar-refractivity contribution in [2.24, 2.45) is 0 Å². The lowest BCUT2D eigenvalue weighted by Gasteiger charge is -2.33. The molecule has 2 aromatic rings. The summed E-state index contributed by atoms with van der Waals surface area (Å²) < 4.78 is 26.9. The summed E-state index contributed by atoms with van der Waals surface area (Å²) in [5.41, 5.74) is 2.71. The number of benzene rings is 2. The van der Waals surface area contributed by atoms with E-state index in [9.17, 15) is 23.3 Å². The molecule has 0 atom stereocenters. The van der Waals surface area contributed by atoms with E-state index in [1.165, 1.54) is 34.6 Å². The summed E-state index contributed by atoms with van der Waals surface area (Å²) in [6, 6.07) is 11.3. The number of carbonyl (C=O) groups is 1. The Morgan fingerprint density at radius 1 is 1.07 bits per heavy atom. The number of aryl methyl sites for hydroxylation is 2. The molecular weight excluding hydrogens is 406 g/mol. The average molecular weight is 429 g/mol. The van der Waals surface area contributed by atoms with E-state index < -0.39 is 20.6 Å². The van der Waals surface area contributed by atoms with Gasteiger partial charge in [-0.2, -0.15) is 4.31 Å². The van der Waals surface area contributed by atoms with E-state index in [-0.39, 0.29) is 37.0 Å². The molecule has 0 N–H and O–H groups in total. The van der Waals surface area contributed by atoms with Gasteiger partial charge in [-0.3, -0.25) is 14.9 Å². The number of piperazine rings is 1. The zero-order valence-electron chi connectivity index (χ0n) is 16.8. The zero-order valence-corrected chi connectivity index (χ0v) is 17.6. The lowest BCUT2D eigenvalue weighted by molar-refractivity contribution is -0.387. The Labute approximate surface area is 175 Å². The molecule has 1 heterocycles. The first kappa shape index (κ1) is 21.7. The number of hydrogen-bond acceptors (Lipinski definition) is 5. The Kier molecular flexibility index (Phi) is 6.33. The summed E-state index contributed by atoms with van der Waals surface area (Å²) in [6.45, 7) is 4.58. The Morgan fingerprint density at radius 3 is 2.37 bits per heavy atom. The summed E-state index contributed by atoms with van der Waals surface area (Å²) >= 11 is 0. The van der Waals surface area contributed by atoms with Crippen molar-refractivity contribution >= 4 is 27.7 Å². The number of amides is 1. The number of nitro benzene ring substituents is 1. The highest BCUT2D eigenvalue weighted by Crippen LogP contribution is 2.27. The van der Waals surface area contributed by atoms with E-state index in [0.717, 1.165) is 16.7 Å². The van der Waals surface area contributed by atoms with Crippen molar-refractivity contribution in [3.8, 4) is 0 Å². The minimum atomic E-state index is -4.02. The summed E-state index contributed by atoms with van der Waals surface area (Å²) in [7, 11) is -4.02. The number of para-hydroxylation sites is 1. The summed E-state index contributed by atoms with van der Waals surface area (Å²) in [4.78, 5) is 24.2. The fourth-order valence-electron chi connectivity index (χ4n) is 3.39. The molecule has 1 amide bonds. The van der Waals surface area contributed by atoms with Crippen LogP contribution in [0, 0.1) is 24.0 Å². The molecule has 30 heavy (non-hydrogen) atoms. The molecule has 8 nitrogen and oxygen atoms in total. The lowest BCUT2D eigenvalue weighted by Crippen LogP contribution is -2.50. The van der Waals surface area contributed by atoms with Gasteiger partial charge in [0, 0.05) is 38.3 Å². The second-order valence-electron chi connectivity index (χ2n) is 7.15.